The largest absolute Gasteiger partial charge is 0.382 e. The maximum Gasteiger partial charge on any atom is 0.102 e. The highest BCUT2D eigenvalue weighted by molar-refractivity contribution is 5.17. The van der Waals surface area contributed by atoms with Gasteiger partial charge < -0.3 is 19.9 Å². The van der Waals surface area contributed by atoms with Crippen molar-refractivity contribution in [2.75, 3.05) is 26.9 Å². The van der Waals surface area contributed by atoms with Crippen molar-refractivity contribution >= 4 is 0 Å². The minimum Gasteiger partial charge on any atom is -0.382 e. The van der Waals surface area contributed by atoms with Crippen LogP contribution in [0.3, 0.4) is 0 Å². The number of methoxy groups -OCH3 is 1. The topological polar surface area (TPSA) is 53.7 Å². The number of rotatable bonds is 5. The molecule has 0 amide bonds. The quantitative estimate of drug-likeness (QED) is 0.643. The SMILES string of the molecule is COCCOC12CC1OC(CN)C2C. The minimum atomic E-state index is -0.0391. The fourth-order valence-electron chi connectivity index (χ4n) is 2.37. The standard InChI is InChI=1S/C10H19NO3/c1-7-8(6-11)14-9-5-10(7,9)13-4-3-12-2/h7-9H,3-6,11H2,1-2H3. The molecule has 82 valence electrons. The fraction of sp³-hybridized carbons (Fsp3) is 1.00. The molecule has 1 heterocycles. The lowest BCUT2D eigenvalue weighted by Gasteiger charge is -2.22. The lowest BCUT2D eigenvalue weighted by molar-refractivity contribution is -0.0228. The van der Waals surface area contributed by atoms with E-state index < -0.39 is 0 Å². The van der Waals surface area contributed by atoms with Gasteiger partial charge in [0, 0.05) is 26.0 Å². The highest BCUT2D eigenvalue weighted by Gasteiger charge is 2.67. The molecule has 1 aliphatic carbocycles. The molecule has 4 nitrogen and oxygen atoms in total. The number of fused-ring (bicyclic) bond motifs is 1. The first kappa shape index (κ1) is 10.4. The molecular weight excluding hydrogens is 182 g/mol. The van der Waals surface area contributed by atoms with Gasteiger partial charge in [0.2, 0.25) is 0 Å². The summed E-state index contributed by atoms with van der Waals surface area (Å²) in [5, 5.41) is 0. The van der Waals surface area contributed by atoms with Crippen LogP contribution < -0.4 is 5.73 Å². The predicted molar refractivity (Wildman–Crippen MR) is 52.1 cm³/mol. The van der Waals surface area contributed by atoms with E-state index in [0.717, 1.165) is 6.42 Å². The summed E-state index contributed by atoms with van der Waals surface area (Å²) in [7, 11) is 1.68. The average molecular weight is 201 g/mol. The van der Waals surface area contributed by atoms with E-state index in [1.165, 1.54) is 0 Å². The van der Waals surface area contributed by atoms with Crippen molar-refractivity contribution in [1.82, 2.24) is 0 Å². The Kier molecular flexibility index (Phi) is 2.79. The second-order valence-corrected chi connectivity index (χ2v) is 4.19. The van der Waals surface area contributed by atoms with Crippen LogP contribution in [0.5, 0.6) is 0 Å². The van der Waals surface area contributed by atoms with Crippen LogP contribution in [0.15, 0.2) is 0 Å². The van der Waals surface area contributed by atoms with Crippen molar-refractivity contribution in [3.8, 4) is 0 Å². The molecular formula is C10H19NO3. The molecule has 2 N–H and O–H groups in total. The van der Waals surface area contributed by atoms with Crippen LogP contribution >= 0.6 is 0 Å². The molecule has 2 aliphatic rings. The van der Waals surface area contributed by atoms with E-state index in [0.29, 0.717) is 25.7 Å². The normalized spacial score (nSPS) is 45.2. The third kappa shape index (κ3) is 1.46. The number of nitrogens with two attached hydrogens (primary N) is 1. The van der Waals surface area contributed by atoms with Crippen molar-refractivity contribution in [1.29, 1.82) is 0 Å². The Hall–Kier alpha value is -0.160. The monoisotopic (exact) mass is 201 g/mol. The van der Waals surface area contributed by atoms with Gasteiger partial charge in [-0.1, -0.05) is 6.92 Å². The van der Waals surface area contributed by atoms with Crippen molar-refractivity contribution in [3.63, 3.8) is 0 Å². The average Bonchev–Trinajstić information content (AvgIpc) is 2.82. The van der Waals surface area contributed by atoms with E-state index in [9.17, 15) is 0 Å². The molecule has 2 fully saturated rings. The van der Waals surface area contributed by atoms with Crippen LogP contribution in [0.25, 0.3) is 0 Å². The van der Waals surface area contributed by atoms with Gasteiger partial charge in [0.05, 0.1) is 25.4 Å². The summed E-state index contributed by atoms with van der Waals surface area (Å²) in [5.41, 5.74) is 5.58. The van der Waals surface area contributed by atoms with Crippen molar-refractivity contribution in [2.24, 2.45) is 11.7 Å². The van der Waals surface area contributed by atoms with Gasteiger partial charge >= 0.3 is 0 Å². The predicted octanol–water partition coefficient (Wildman–Crippen LogP) is 0.154. The van der Waals surface area contributed by atoms with Gasteiger partial charge in [-0.2, -0.15) is 0 Å². The molecule has 0 aromatic heterocycles. The van der Waals surface area contributed by atoms with Crippen molar-refractivity contribution in [2.45, 2.75) is 31.2 Å². The lowest BCUT2D eigenvalue weighted by atomic mass is 9.97. The number of hydrogen-bond acceptors (Lipinski definition) is 4. The Morgan fingerprint density at radius 2 is 2.29 bits per heavy atom. The summed E-state index contributed by atoms with van der Waals surface area (Å²) in [6.45, 7) is 4.05. The molecule has 14 heavy (non-hydrogen) atoms. The van der Waals surface area contributed by atoms with Gasteiger partial charge in [-0.05, 0) is 0 Å². The highest BCUT2D eigenvalue weighted by Crippen LogP contribution is 2.55. The molecule has 0 bridgehead atoms. The first-order valence-corrected chi connectivity index (χ1v) is 5.23. The second-order valence-electron chi connectivity index (χ2n) is 4.19. The molecule has 2 rings (SSSR count). The van der Waals surface area contributed by atoms with Crippen molar-refractivity contribution in [3.05, 3.63) is 0 Å². The number of ether oxygens (including phenoxy) is 3. The van der Waals surface area contributed by atoms with Gasteiger partial charge in [-0.25, -0.2) is 0 Å². The zero-order valence-corrected chi connectivity index (χ0v) is 8.86. The maximum absolute atomic E-state index is 5.84. The lowest BCUT2D eigenvalue weighted by Crippen LogP contribution is -2.34. The van der Waals surface area contributed by atoms with Gasteiger partial charge in [0.1, 0.15) is 5.60 Å². The molecule has 1 saturated carbocycles. The van der Waals surface area contributed by atoms with E-state index in [-0.39, 0.29) is 17.8 Å². The van der Waals surface area contributed by atoms with Gasteiger partial charge in [0.25, 0.3) is 0 Å². The zero-order valence-electron chi connectivity index (χ0n) is 8.86. The summed E-state index contributed by atoms with van der Waals surface area (Å²) in [6, 6.07) is 0. The maximum atomic E-state index is 5.84. The van der Waals surface area contributed by atoms with Crippen LogP contribution in [0.2, 0.25) is 0 Å². The Morgan fingerprint density at radius 3 is 2.86 bits per heavy atom. The van der Waals surface area contributed by atoms with Gasteiger partial charge in [-0.15, -0.1) is 0 Å². The summed E-state index contributed by atoms with van der Waals surface area (Å²) in [4.78, 5) is 0. The van der Waals surface area contributed by atoms with E-state index in [1.807, 2.05) is 0 Å². The third-order valence-electron chi connectivity index (χ3n) is 3.45. The van der Waals surface area contributed by atoms with E-state index in [2.05, 4.69) is 6.92 Å². The van der Waals surface area contributed by atoms with Crippen LogP contribution in [-0.2, 0) is 14.2 Å². The third-order valence-corrected chi connectivity index (χ3v) is 3.45. The van der Waals surface area contributed by atoms with Crippen LogP contribution in [0.1, 0.15) is 13.3 Å². The van der Waals surface area contributed by atoms with Crippen LogP contribution in [-0.4, -0.2) is 44.7 Å². The molecule has 1 aliphatic heterocycles. The Bertz CT molecular complexity index is 212. The smallest absolute Gasteiger partial charge is 0.102 e. The summed E-state index contributed by atoms with van der Waals surface area (Å²) >= 11 is 0. The summed E-state index contributed by atoms with van der Waals surface area (Å²) in [5.74, 6) is 0.411. The number of hydrogen-bond donors (Lipinski definition) is 1. The minimum absolute atomic E-state index is 0.0391. The molecule has 0 radical (unpaired) electrons. The zero-order chi connectivity index (χ0) is 10.2. The molecule has 0 spiro atoms. The molecule has 1 saturated heterocycles. The fourth-order valence-corrected chi connectivity index (χ4v) is 2.37. The molecule has 4 heteroatoms. The van der Waals surface area contributed by atoms with E-state index in [1.54, 1.807) is 7.11 Å². The molecule has 4 unspecified atom stereocenters. The Balaban J connectivity index is 1.86. The van der Waals surface area contributed by atoms with Gasteiger partial charge in [0.15, 0.2) is 0 Å². The molecule has 4 atom stereocenters. The Labute approximate surface area is 84.7 Å². The van der Waals surface area contributed by atoms with Gasteiger partial charge in [-0.3, -0.25) is 0 Å². The molecule has 0 aromatic carbocycles. The van der Waals surface area contributed by atoms with E-state index >= 15 is 0 Å². The molecule has 0 aromatic rings. The van der Waals surface area contributed by atoms with Crippen LogP contribution in [0, 0.1) is 5.92 Å². The van der Waals surface area contributed by atoms with E-state index in [4.69, 9.17) is 19.9 Å². The first-order chi connectivity index (χ1) is 6.74. The van der Waals surface area contributed by atoms with Crippen molar-refractivity contribution < 1.29 is 14.2 Å². The summed E-state index contributed by atoms with van der Waals surface area (Å²) < 4.78 is 16.5. The summed E-state index contributed by atoms with van der Waals surface area (Å²) in [6.07, 6.45) is 1.48. The first-order valence-electron chi connectivity index (χ1n) is 5.23. The second kappa shape index (κ2) is 3.77. The highest BCUT2D eigenvalue weighted by atomic mass is 16.6. The van der Waals surface area contributed by atoms with Crippen LogP contribution in [0.4, 0.5) is 0 Å². The Morgan fingerprint density at radius 1 is 1.50 bits per heavy atom.